The van der Waals surface area contributed by atoms with Gasteiger partial charge in [0.25, 0.3) is 5.56 Å². The quantitative estimate of drug-likeness (QED) is 0.576. The van der Waals surface area contributed by atoms with Crippen molar-refractivity contribution in [3.05, 3.63) is 75.8 Å². The molecule has 0 fully saturated rings. The van der Waals surface area contributed by atoms with E-state index in [2.05, 4.69) is 10.2 Å². The molecule has 0 bridgehead atoms. The fourth-order valence-corrected chi connectivity index (χ4v) is 4.09. The van der Waals surface area contributed by atoms with Gasteiger partial charge in [-0.2, -0.15) is 11.8 Å². The van der Waals surface area contributed by atoms with Crippen molar-refractivity contribution in [1.29, 1.82) is 0 Å². The highest BCUT2D eigenvalue weighted by Gasteiger charge is 2.15. The summed E-state index contributed by atoms with van der Waals surface area (Å²) in [7, 11) is 1.71. The summed E-state index contributed by atoms with van der Waals surface area (Å²) in [4.78, 5) is 12.6. The zero-order chi connectivity index (χ0) is 19.0. The predicted molar refractivity (Wildman–Crippen MR) is 108 cm³/mol. The molecule has 2 aromatic heterocycles. The summed E-state index contributed by atoms with van der Waals surface area (Å²) in [6, 6.07) is 15.4. The highest BCUT2D eigenvalue weighted by molar-refractivity contribution is 7.98. The summed E-state index contributed by atoms with van der Waals surface area (Å²) in [6.45, 7) is 1.97. The first-order chi connectivity index (χ1) is 13.1. The number of nitrogens with zero attached hydrogens (tertiary/aromatic N) is 4. The Balaban J connectivity index is 1.65. The average molecular weight is 380 g/mol. The van der Waals surface area contributed by atoms with Crippen molar-refractivity contribution in [1.82, 2.24) is 19.2 Å². The molecule has 0 spiro atoms. The van der Waals surface area contributed by atoms with E-state index < -0.39 is 6.10 Å². The standard InChI is InChI=1S/C20H20N4O2S/c1-13-8-9-16-15(10-13)19(26)23(2)20-22-21-18(24(16)20)12-27-11-17(25)14-6-4-3-5-7-14/h3-10,17,25H,11-12H2,1-2H3. The number of thioether (sulfide) groups is 1. The Labute approximate surface area is 160 Å². The Morgan fingerprint density at radius 3 is 2.70 bits per heavy atom. The van der Waals surface area contributed by atoms with Crippen molar-refractivity contribution in [3.63, 3.8) is 0 Å². The lowest BCUT2D eigenvalue weighted by atomic mass is 10.1. The van der Waals surface area contributed by atoms with Crippen LogP contribution in [0.1, 0.15) is 23.1 Å². The van der Waals surface area contributed by atoms with Crippen molar-refractivity contribution in [2.75, 3.05) is 5.75 Å². The molecule has 1 N–H and O–H groups in total. The SMILES string of the molecule is Cc1ccc2c(c1)c(=O)n(C)c1nnc(CSCC(O)c3ccccc3)n21. The number of benzene rings is 2. The molecule has 0 saturated heterocycles. The van der Waals surface area contributed by atoms with Crippen molar-refractivity contribution < 1.29 is 5.11 Å². The van der Waals surface area contributed by atoms with E-state index in [9.17, 15) is 9.90 Å². The van der Waals surface area contributed by atoms with E-state index in [-0.39, 0.29) is 5.56 Å². The molecule has 0 saturated carbocycles. The highest BCUT2D eigenvalue weighted by Crippen LogP contribution is 2.22. The van der Waals surface area contributed by atoms with Crippen LogP contribution in [0.25, 0.3) is 16.7 Å². The first-order valence-electron chi connectivity index (χ1n) is 8.70. The van der Waals surface area contributed by atoms with Crippen LogP contribution in [0.5, 0.6) is 0 Å². The van der Waals surface area contributed by atoms with Gasteiger partial charge in [-0.15, -0.1) is 10.2 Å². The second-order valence-electron chi connectivity index (χ2n) is 6.58. The lowest BCUT2D eigenvalue weighted by molar-refractivity contribution is 0.204. The van der Waals surface area contributed by atoms with Gasteiger partial charge >= 0.3 is 0 Å². The van der Waals surface area contributed by atoms with Gasteiger partial charge in [0, 0.05) is 12.8 Å². The third kappa shape index (κ3) is 3.24. The Morgan fingerprint density at radius 2 is 1.93 bits per heavy atom. The van der Waals surface area contributed by atoms with Crippen LogP contribution < -0.4 is 5.56 Å². The molecule has 4 rings (SSSR count). The van der Waals surface area contributed by atoms with E-state index in [0.717, 1.165) is 22.5 Å². The minimum absolute atomic E-state index is 0.0766. The molecule has 4 aromatic rings. The number of hydrogen-bond acceptors (Lipinski definition) is 5. The van der Waals surface area contributed by atoms with Gasteiger partial charge in [0.15, 0.2) is 0 Å². The van der Waals surface area contributed by atoms with Gasteiger partial charge in [0.05, 0.1) is 22.8 Å². The third-order valence-corrected chi connectivity index (χ3v) is 5.65. The van der Waals surface area contributed by atoms with Gasteiger partial charge < -0.3 is 5.11 Å². The van der Waals surface area contributed by atoms with Crippen LogP contribution in [-0.4, -0.2) is 30.0 Å². The van der Waals surface area contributed by atoms with E-state index >= 15 is 0 Å². The first-order valence-corrected chi connectivity index (χ1v) is 9.86. The summed E-state index contributed by atoms with van der Waals surface area (Å²) < 4.78 is 3.46. The topological polar surface area (TPSA) is 72.4 Å². The molecule has 2 aromatic carbocycles. The van der Waals surface area contributed by atoms with Gasteiger partial charge in [-0.25, -0.2) is 0 Å². The summed E-state index contributed by atoms with van der Waals surface area (Å²) in [5.74, 6) is 2.43. The number of aliphatic hydroxyl groups excluding tert-OH is 1. The Hall–Kier alpha value is -2.64. The summed E-state index contributed by atoms with van der Waals surface area (Å²) in [5.41, 5.74) is 2.67. The average Bonchev–Trinajstić information content (AvgIpc) is 3.11. The molecule has 0 aliphatic heterocycles. The van der Waals surface area contributed by atoms with E-state index in [1.807, 2.05) is 59.9 Å². The number of rotatable bonds is 5. The van der Waals surface area contributed by atoms with Gasteiger partial charge in [-0.05, 0) is 24.6 Å². The molecule has 0 amide bonds. The van der Waals surface area contributed by atoms with Crippen LogP contribution in [-0.2, 0) is 12.8 Å². The normalized spacial score (nSPS) is 12.7. The van der Waals surface area contributed by atoms with Crippen LogP contribution in [0.15, 0.2) is 53.3 Å². The predicted octanol–water partition coefficient (Wildman–Crippen LogP) is 2.86. The molecule has 0 aliphatic carbocycles. The molecule has 1 unspecified atom stereocenters. The maximum absolute atomic E-state index is 12.6. The van der Waals surface area contributed by atoms with Gasteiger partial charge in [-0.3, -0.25) is 13.8 Å². The lowest BCUT2D eigenvalue weighted by Crippen LogP contribution is -2.20. The number of aromatic nitrogens is 4. The lowest BCUT2D eigenvalue weighted by Gasteiger charge is -2.11. The maximum Gasteiger partial charge on any atom is 0.262 e. The zero-order valence-corrected chi connectivity index (χ0v) is 16.0. The number of aliphatic hydroxyl groups is 1. The van der Waals surface area contributed by atoms with Crippen molar-refractivity contribution in [3.8, 4) is 0 Å². The van der Waals surface area contributed by atoms with E-state index in [4.69, 9.17) is 0 Å². The zero-order valence-electron chi connectivity index (χ0n) is 15.2. The monoisotopic (exact) mass is 380 g/mol. The van der Waals surface area contributed by atoms with Crippen LogP contribution in [0.4, 0.5) is 0 Å². The van der Waals surface area contributed by atoms with Gasteiger partial charge in [0.2, 0.25) is 5.78 Å². The summed E-state index contributed by atoms with van der Waals surface area (Å²) >= 11 is 1.59. The molecule has 1 atom stereocenters. The molecule has 6 nitrogen and oxygen atoms in total. The van der Waals surface area contributed by atoms with E-state index in [1.54, 1.807) is 18.8 Å². The first kappa shape index (κ1) is 17.8. The van der Waals surface area contributed by atoms with Crippen LogP contribution in [0.2, 0.25) is 0 Å². The van der Waals surface area contributed by atoms with E-state index in [1.165, 1.54) is 4.57 Å². The van der Waals surface area contributed by atoms with Crippen LogP contribution in [0, 0.1) is 6.92 Å². The smallest absolute Gasteiger partial charge is 0.262 e. The van der Waals surface area contributed by atoms with Crippen molar-refractivity contribution >= 4 is 28.4 Å². The number of aryl methyl sites for hydroxylation is 2. The van der Waals surface area contributed by atoms with Crippen LogP contribution >= 0.6 is 11.8 Å². The number of hydrogen-bond donors (Lipinski definition) is 1. The molecule has 7 heteroatoms. The fraction of sp³-hybridized carbons (Fsp3) is 0.250. The Bertz CT molecular complexity index is 1170. The maximum atomic E-state index is 12.6. The molecule has 0 radical (unpaired) electrons. The molecule has 2 heterocycles. The summed E-state index contributed by atoms with van der Waals surface area (Å²) in [5, 5.41) is 19.5. The van der Waals surface area contributed by atoms with Crippen molar-refractivity contribution in [2.45, 2.75) is 18.8 Å². The van der Waals surface area contributed by atoms with Crippen molar-refractivity contribution in [2.24, 2.45) is 7.05 Å². The molecular weight excluding hydrogens is 360 g/mol. The van der Waals surface area contributed by atoms with Crippen LogP contribution in [0.3, 0.4) is 0 Å². The Morgan fingerprint density at radius 1 is 1.15 bits per heavy atom. The fourth-order valence-electron chi connectivity index (χ4n) is 3.19. The molecule has 27 heavy (non-hydrogen) atoms. The molecule has 138 valence electrons. The summed E-state index contributed by atoms with van der Waals surface area (Å²) in [6.07, 6.45) is -0.529. The largest absolute Gasteiger partial charge is 0.388 e. The second-order valence-corrected chi connectivity index (χ2v) is 7.61. The highest BCUT2D eigenvalue weighted by atomic mass is 32.2. The second kappa shape index (κ2) is 7.17. The minimum atomic E-state index is -0.529. The third-order valence-electron chi connectivity index (χ3n) is 4.63. The van der Waals surface area contributed by atoms with Gasteiger partial charge in [0.1, 0.15) is 5.82 Å². The van der Waals surface area contributed by atoms with Gasteiger partial charge in [-0.1, -0.05) is 42.0 Å². The Kier molecular flexibility index (Phi) is 4.72. The molecule has 0 aliphatic rings. The molecular formula is C20H20N4O2S. The minimum Gasteiger partial charge on any atom is -0.388 e. The van der Waals surface area contributed by atoms with E-state index in [0.29, 0.717) is 22.7 Å². The number of fused-ring (bicyclic) bond motifs is 3.